The Morgan fingerprint density at radius 2 is 1.91 bits per heavy atom. The molecule has 1 aliphatic rings. The fourth-order valence-electron chi connectivity index (χ4n) is 4.23. The number of hydrogen-bond donors (Lipinski definition) is 6. The molecule has 0 bridgehead atoms. The molecule has 1 fully saturated rings. The molecule has 3 amide bonds. The van der Waals surface area contributed by atoms with Crippen LogP contribution in [-0.4, -0.2) is 80.9 Å². The van der Waals surface area contributed by atoms with Crippen molar-refractivity contribution in [3.63, 3.8) is 0 Å². The lowest BCUT2D eigenvalue weighted by Crippen LogP contribution is -2.57. The van der Waals surface area contributed by atoms with E-state index >= 15 is 0 Å². The number of rotatable bonds is 14. The summed E-state index contributed by atoms with van der Waals surface area (Å²) in [4.78, 5) is 59.0. The molecule has 4 unspecified atom stereocenters. The lowest BCUT2D eigenvalue weighted by atomic mass is 10.0. The first-order valence-corrected chi connectivity index (χ1v) is 12.2. The maximum Gasteiger partial charge on any atom is 0.326 e. The summed E-state index contributed by atoms with van der Waals surface area (Å²) in [6, 6.07) is -3.62. The van der Waals surface area contributed by atoms with E-state index in [2.05, 4.69) is 20.6 Å². The lowest BCUT2D eigenvalue weighted by molar-refractivity contribution is -0.149. The molecule has 1 aromatic rings. The van der Waals surface area contributed by atoms with Gasteiger partial charge in [0, 0.05) is 24.9 Å². The number of nitrogens with two attached hydrogens (primary N) is 2. The van der Waals surface area contributed by atoms with Crippen LogP contribution in [0.1, 0.15) is 58.1 Å². The van der Waals surface area contributed by atoms with Crippen molar-refractivity contribution in [3.8, 4) is 0 Å². The van der Waals surface area contributed by atoms with E-state index in [9.17, 15) is 24.3 Å². The second-order valence-electron chi connectivity index (χ2n) is 9.45. The molecule has 0 radical (unpaired) electrons. The minimum Gasteiger partial charge on any atom is -0.480 e. The Labute approximate surface area is 205 Å². The highest BCUT2D eigenvalue weighted by atomic mass is 16.4. The van der Waals surface area contributed by atoms with E-state index in [-0.39, 0.29) is 12.3 Å². The summed E-state index contributed by atoms with van der Waals surface area (Å²) in [7, 11) is 0. The maximum absolute atomic E-state index is 13.3. The molecular weight excluding hydrogens is 454 g/mol. The van der Waals surface area contributed by atoms with Crippen molar-refractivity contribution in [2.24, 2.45) is 17.4 Å². The zero-order valence-corrected chi connectivity index (χ0v) is 20.5. The fraction of sp³-hybridized carbons (Fsp3) is 0.696. The van der Waals surface area contributed by atoms with Gasteiger partial charge in [-0.25, -0.2) is 9.78 Å². The lowest BCUT2D eigenvalue weighted by Gasteiger charge is -2.29. The van der Waals surface area contributed by atoms with Gasteiger partial charge in [-0.15, -0.1) is 0 Å². The van der Waals surface area contributed by atoms with Crippen molar-refractivity contribution in [3.05, 3.63) is 18.2 Å². The first-order valence-electron chi connectivity index (χ1n) is 12.2. The second-order valence-corrected chi connectivity index (χ2v) is 9.45. The number of nitrogens with one attached hydrogen (secondary N) is 3. The first-order chi connectivity index (χ1) is 16.6. The summed E-state index contributed by atoms with van der Waals surface area (Å²) in [6.07, 6.45) is 6.09. The number of likely N-dealkylation sites (tertiary alicyclic amines) is 1. The zero-order valence-electron chi connectivity index (χ0n) is 20.5. The summed E-state index contributed by atoms with van der Waals surface area (Å²) in [5.74, 6) is -2.32. The van der Waals surface area contributed by atoms with Gasteiger partial charge in [-0.2, -0.15) is 0 Å². The van der Waals surface area contributed by atoms with Crippen LogP contribution in [0, 0.1) is 5.92 Å². The molecule has 2 rings (SSSR count). The predicted octanol–water partition coefficient (Wildman–Crippen LogP) is -0.500. The smallest absolute Gasteiger partial charge is 0.326 e. The van der Waals surface area contributed by atoms with Crippen LogP contribution in [0.15, 0.2) is 12.5 Å². The molecule has 1 saturated heterocycles. The Morgan fingerprint density at radius 1 is 1.20 bits per heavy atom. The van der Waals surface area contributed by atoms with Gasteiger partial charge in [-0.05, 0) is 51.0 Å². The molecule has 1 aliphatic heterocycles. The number of nitrogens with zero attached hydrogens (tertiary/aromatic N) is 2. The minimum atomic E-state index is -1.08. The molecule has 0 saturated carbocycles. The van der Waals surface area contributed by atoms with E-state index in [1.54, 1.807) is 0 Å². The maximum atomic E-state index is 13.3. The Hall–Kier alpha value is -2.99. The molecule has 0 aliphatic carbocycles. The topological polar surface area (TPSA) is 197 Å². The van der Waals surface area contributed by atoms with Gasteiger partial charge in [0.2, 0.25) is 17.7 Å². The van der Waals surface area contributed by atoms with E-state index in [0.29, 0.717) is 57.3 Å². The molecule has 8 N–H and O–H groups in total. The minimum absolute atomic E-state index is 0.101. The first kappa shape index (κ1) is 28.2. The SMILES string of the molecule is CC(C)CC(N)C(=O)NC(CCCCN)C(=O)NC(Cc1cnc[nH]1)C(=O)N1CCCC1C(=O)O. The average molecular weight is 494 g/mol. The number of aliphatic carboxylic acids is 1. The number of H-pyrrole nitrogens is 1. The van der Waals surface area contributed by atoms with E-state index in [0.717, 1.165) is 0 Å². The molecule has 2 heterocycles. The van der Waals surface area contributed by atoms with E-state index in [4.69, 9.17) is 11.5 Å². The van der Waals surface area contributed by atoms with Crippen LogP contribution in [-0.2, 0) is 25.6 Å². The Morgan fingerprint density at radius 3 is 2.51 bits per heavy atom. The Kier molecular flexibility index (Phi) is 11.1. The highest BCUT2D eigenvalue weighted by Crippen LogP contribution is 2.19. The van der Waals surface area contributed by atoms with Crippen LogP contribution in [0.25, 0.3) is 0 Å². The van der Waals surface area contributed by atoms with Gasteiger partial charge >= 0.3 is 5.97 Å². The number of carboxylic acids is 1. The van der Waals surface area contributed by atoms with Crippen molar-refractivity contribution < 1.29 is 24.3 Å². The van der Waals surface area contributed by atoms with E-state index in [1.807, 2.05) is 13.8 Å². The third-order valence-electron chi connectivity index (χ3n) is 6.06. The standard InChI is InChI=1S/C23H39N7O5/c1-14(2)10-16(25)20(31)28-17(6-3-4-8-24)21(32)29-18(11-15-12-26-13-27-15)22(33)30-9-5-7-19(30)23(34)35/h12-14,16-19H,3-11,24-25H2,1-2H3,(H,26,27)(H,28,31)(H,29,32)(H,34,35). The number of imidazole rings is 1. The van der Waals surface area contributed by atoms with E-state index < -0.39 is 47.9 Å². The fourth-order valence-corrected chi connectivity index (χ4v) is 4.23. The van der Waals surface area contributed by atoms with Gasteiger partial charge in [0.15, 0.2) is 0 Å². The number of amides is 3. The van der Waals surface area contributed by atoms with Crippen molar-refractivity contribution >= 4 is 23.7 Å². The Bertz CT molecular complexity index is 845. The van der Waals surface area contributed by atoms with Gasteiger partial charge in [-0.3, -0.25) is 14.4 Å². The highest BCUT2D eigenvalue weighted by molar-refractivity contribution is 5.94. The summed E-state index contributed by atoms with van der Waals surface area (Å²) in [5, 5.41) is 15.0. The van der Waals surface area contributed by atoms with Crippen LogP contribution in [0.5, 0.6) is 0 Å². The zero-order chi connectivity index (χ0) is 26.0. The molecule has 0 spiro atoms. The largest absolute Gasteiger partial charge is 0.480 e. The number of unbranched alkanes of at least 4 members (excludes halogenated alkanes) is 1. The molecule has 1 aromatic heterocycles. The summed E-state index contributed by atoms with van der Waals surface area (Å²) >= 11 is 0. The van der Waals surface area contributed by atoms with Crippen molar-refractivity contribution in [2.75, 3.05) is 13.1 Å². The highest BCUT2D eigenvalue weighted by Gasteiger charge is 2.38. The number of hydrogen-bond acceptors (Lipinski definition) is 7. The molecule has 196 valence electrons. The van der Waals surface area contributed by atoms with E-state index in [1.165, 1.54) is 17.4 Å². The number of carbonyl (C=O) groups is 4. The second kappa shape index (κ2) is 13.8. The Balaban J connectivity index is 2.19. The van der Waals surface area contributed by atoms with Gasteiger partial charge in [0.1, 0.15) is 18.1 Å². The van der Waals surface area contributed by atoms with Gasteiger partial charge < -0.3 is 37.1 Å². The molecule has 35 heavy (non-hydrogen) atoms. The number of carbonyl (C=O) groups excluding carboxylic acids is 3. The van der Waals surface area contributed by atoms with Crippen LogP contribution < -0.4 is 22.1 Å². The van der Waals surface area contributed by atoms with Crippen LogP contribution >= 0.6 is 0 Å². The predicted molar refractivity (Wildman–Crippen MR) is 129 cm³/mol. The summed E-state index contributed by atoms with van der Waals surface area (Å²) in [5.41, 5.74) is 12.2. The summed E-state index contributed by atoms with van der Waals surface area (Å²) in [6.45, 7) is 4.65. The molecule has 0 aromatic carbocycles. The van der Waals surface area contributed by atoms with Crippen LogP contribution in [0.3, 0.4) is 0 Å². The number of aromatic amines is 1. The van der Waals surface area contributed by atoms with Gasteiger partial charge in [0.05, 0.1) is 12.4 Å². The normalized spacial score (nSPS) is 18.2. The monoisotopic (exact) mass is 493 g/mol. The van der Waals surface area contributed by atoms with Crippen molar-refractivity contribution in [2.45, 2.75) is 83.0 Å². The number of aromatic nitrogens is 2. The molecular formula is C23H39N7O5. The average Bonchev–Trinajstić information content (AvgIpc) is 3.49. The summed E-state index contributed by atoms with van der Waals surface area (Å²) < 4.78 is 0. The molecule has 4 atom stereocenters. The molecule has 12 heteroatoms. The third-order valence-corrected chi connectivity index (χ3v) is 6.06. The quantitative estimate of drug-likeness (QED) is 0.186. The molecule has 12 nitrogen and oxygen atoms in total. The van der Waals surface area contributed by atoms with Crippen LogP contribution in [0.4, 0.5) is 0 Å². The van der Waals surface area contributed by atoms with Gasteiger partial charge in [-0.1, -0.05) is 13.8 Å². The van der Waals surface area contributed by atoms with Crippen molar-refractivity contribution in [1.29, 1.82) is 0 Å². The van der Waals surface area contributed by atoms with Gasteiger partial charge in [0.25, 0.3) is 0 Å². The third kappa shape index (κ3) is 8.62. The van der Waals surface area contributed by atoms with Crippen molar-refractivity contribution in [1.82, 2.24) is 25.5 Å². The van der Waals surface area contributed by atoms with Crippen LogP contribution in [0.2, 0.25) is 0 Å². The number of carboxylic acid groups (broad SMARTS) is 1.